The number of hydrogen-bond acceptors (Lipinski definition) is 6. The summed E-state index contributed by atoms with van der Waals surface area (Å²) in [7, 11) is 0. The molecule has 0 atom stereocenters. The summed E-state index contributed by atoms with van der Waals surface area (Å²) in [4.78, 5) is 38.9. The van der Waals surface area contributed by atoms with E-state index in [2.05, 4.69) is 9.72 Å². The summed E-state index contributed by atoms with van der Waals surface area (Å²) < 4.78 is 29.5. The quantitative estimate of drug-likeness (QED) is 0.373. The maximum atomic E-state index is 12.4. The topological polar surface area (TPSA) is 104 Å². The second-order valence-corrected chi connectivity index (χ2v) is 5.46. The number of Topliss-reactive ketones (excluding diaryl/α,β-unsaturated/α-hetero) is 1. The Balaban J connectivity index is 1.84. The van der Waals surface area contributed by atoms with Crippen LogP contribution >= 0.6 is 0 Å². The molecule has 0 aliphatic heterocycles. The van der Waals surface area contributed by atoms with Crippen molar-refractivity contribution in [1.82, 2.24) is 9.55 Å². The van der Waals surface area contributed by atoms with Crippen LogP contribution in [0.1, 0.15) is 10.4 Å². The Kier molecular flexibility index (Phi) is 4.88. The molecule has 0 amide bonds. The molecule has 0 saturated carbocycles. The van der Waals surface area contributed by atoms with Gasteiger partial charge in [-0.1, -0.05) is 0 Å². The predicted molar refractivity (Wildman–Crippen MR) is 90.1 cm³/mol. The fraction of sp³-hybridized carbons (Fsp3) is 0.118. The van der Waals surface area contributed by atoms with E-state index in [1.54, 1.807) is 0 Å². The minimum Gasteiger partial charge on any atom is -0.435 e. The first-order valence-corrected chi connectivity index (χ1v) is 7.57. The van der Waals surface area contributed by atoms with Gasteiger partial charge in [0.25, 0.3) is 11.2 Å². The van der Waals surface area contributed by atoms with Gasteiger partial charge >= 0.3 is 6.61 Å². The molecular formula is C17H11F2N3O5. The summed E-state index contributed by atoms with van der Waals surface area (Å²) in [6.45, 7) is -3.29. The van der Waals surface area contributed by atoms with Gasteiger partial charge in [-0.25, -0.2) is 4.98 Å². The molecule has 0 bridgehead atoms. The van der Waals surface area contributed by atoms with Crippen LogP contribution in [-0.2, 0) is 6.54 Å². The molecule has 1 aromatic heterocycles. The van der Waals surface area contributed by atoms with Gasteiger partial charge in [0.05, 0.1) is 28.7 Å². The number of nitro groups is 1. The minimum atomic E-state index is -2.97. The van der Waals surface area contributed by atoms with Crippen molar-refractivity contribution in [2.24, 2.45) is 0 Å². The number of halogens is 2. The van der Waals surface area contributed by atoms with Crippen LogP contribution in [0.15, 0.2) is 53.6 Å². The van der Waals surface area contributed by atoms with Gasteiger partial charge < -0.3 is 4.74 Å². The minimum absolute atomic E-state index is 0.0901. The third kappa shape index (κ3) is 3.94. The SMILES string of the molecule is O=C(Cn1cnc2cc([N+](=O)[O-])ccc2c1=O)c1ccc(OC(F)F)cc1. The largest absolute Gasteiger partial charge is 0.435 e. The predicted octanol–water partition coefficient (Wildman–Crippen LogP) is 2.79. The molecule has 0 radical (unpaired) electrons. The number of carbonyl (C=O) groups excluding carboxylic acids is 1. The monoisotopic (exact) mass is 375 g/mol. The van der Waals surface area contributed by atoms with Gasteiger partial charge in [0.2, 0.25) is 0 Å². The number of ketones is 1. The maximum absolute atomic E-state index is 12.4. The molecule has 0 aliphatic rings. The smallest absolute Gasteiger partial charge is 0.387 e. The fourth-order valence-corrected chi connectivity index (χ4v) is 2.44. The van der Waals surface area contributed by atoms with Crippen molar-refractivity contribution in [3.63, 3.8) is 0 Å². The van der Waals surface area contributed by atoms with Crippen molar-refractivity contribution >= 4 is 22.4 Å². The average Bonchev–Trinajstić information content (AvgIpc) is 2.63. The Labute approximate surface area is 149 Å². The number of rotatable bonds is 6. The highest BCUT2D eigenvalue weighted by molar-refractivity contribution is 5.96. The molecule has 0 unspecified atom stereocenters. The molecule has 0 aliphatic carbocycles. The number of nitrogens with zero attached hydrogens (tertiary/aromatic N) is 3. The van der Waals surface area contributed by atoms with Gasteiger partial charge in [0.1, 0.15) is 5.75 Å². The van der Waals surface area contributed by atoms with Crippen molar-refractivity contribution in [2.45, 2.75) is 13.2 Å². The number of carbonyl (C=O) groups is 1. The third-order valence-corrected chi connectivity index (χ3v) is 3.74. The third-order valence-electron chi connectivity index (χ3n) is 3.74. The van der Waals surface area contributed by atoms with Crippen LogP contribution in [0.2, 0.25) is 0 Å². The number of alkyl halides is 2. The lowest BCUT2D eigenvalue weighted by Crippen LogP contribution is -2.24. The molecule has 0 saturated heterocycles. The van der Waals surface area contributed by atoms with E-state index in [0.717, 1.165) is 10.9 Å². The second kappa shape index (κ2) is 7.28. The first-order chi connectivity index (χ1) is 12.8. The van der Waals surface area contributed by atoms with E-state index < -0.39 is 22.9 Å². The lowest BCUT2D eigenvalue weighted by atomic mass is 10.1. The van der Waals surface area contributed by atoms with Gasteiger partial charge in [0.15, 0.2) is 5.78 Å². The molecule has 1 heterocycles. The highest BCUT2D eigenvalue weighted by Gasteiger charge is 2.13. The number of hydrogen-bond donors (Lipinski definition) is 0. The zero-order valence-corrected chi connectivity index (χ0v) is 13.5. The normalized spacial score (nSPS) is 10.9. The Hall–Kier alpha value is -3.69. The summed E-state index contributed by atoms with van der Waals surface area (Å²) >= 11 is 0. The molecule has 8 nitrogen and oxygen atoms in total. The van der Waals surface area contributed by atoms with Crippen LogP contribution in [0.4, 0.5) is 14.5 Å². The highest BCUT2D eigenvalue weighted by Crippen LogP contribution is 2.17. The van der Waals surface area contributed by atoms with E-state index in [1.165, 1.54) is 42.5 Å². The fourth-order valence-electron chi connectivity index (χ4n) is 2.44. The Morgan fingerprint density at radius 1 is 1.22 bits per heavy atom. The number of benzene rings is 2. The van der Waals surface area contributed by atoms with Gasteiger partial charge in [-0.2, -0.15) is 8.78 Å². The molecule has 2 aromatic carbocycles. The van der Waals surface area contributed by atoms with Crippen LogP contribution in [-0.4, -0.2) is 26.9 Å². The molecule has 0 fully saturated rings. The molecular weight excluding hydrogens is 364 g/mol. The standard InChI is InChI=1S/C17H11F2N3O5/c18-17(19)27-12-4-1-10(2-5-12)15(23)8-21-9-20-14-7-11(22(25)26)3-6-13(14)16(21)24/h1-7,9,17H,8H2. The lowest BCUT2D eigenvalue weighted by Gasteiger charge is -2.07. The Morgan fingerprint density at radius 3 is 2.56 bits per heavy atom. The summed E-state index contributed by atoms with van der Waals surface area (Å²) in [5, 5.41) is 10.9. The number of nitro benzene ring substituents is 1. The van der Waals surface area contributed by atoms with E-state index in [0.29, 0.717) is 0 Å². The first kappa shape index (κ1) is 18.1. The summed E-state index contributed by atoms with van der Waals surface area (Å²) in [6, 6.07) is 8.69. The molecule has 0 spiro atoms. The molecule has 3 aromatic rings. The maximum Gasteiger partial charge on any atom is 0.387 e. The second-order valence-electron chi connectivity index (χ2n) is 5.46. The summed E-state index contributed by atoms with van der Waals surface area (Å²) in [6.07, 6.45) is 1.13. The molecule has 10 heteroatoms. The van der Waals surface area contributed by atoms with E-state index in [4.69, 9.17) is 0 Å². The first-order valence-electron chi connectivity index (χ1n) is 7.57. The number of non-ortho nitro benzene ring substituents is 1. The van der Waals surface area contributed by atoms with Crippen LogP contribution in [0.3, 0.4) is 0 Å². The van der Waals surface area contributed by atoms with Crippen molar-refractivity contribution in [3.8, 4) is 5.75 Å². The van der Waals surface area contributed by atoms with E-state index in [9.17, 15) is 28.5 Å². The average molecular weight is 375 g/mol. The molecule has 138 valence electrons. The molecule has 27 heavy (non-hydrogen) atoms. The van der Waals surface area contributed by atoms with Crippen molar-refractivity contribution in [2.75, 3.05) is 0 Å². The van der Waals surface area contributed by atoms with E-state index in [1.807, 2.05) is 0 Å². The van der Waals surface area contributed by atoms with Crippen LogP contribution < -0.4 is 10.3 Å². The lowest BCUT2D eigenvalue weighted by molar-refractivity contribution is -0.384. The highest BCUT2D eigenvalue weighted by atomic mass is 19.3. The van der Waals surface area contributed by atoms with Crippen molar-refractivity contribution < 1.29 is 23.2 Å². The van der Waals surface area contributed by atoms with E-state index >= 15 is 0 Å². The van der Waals surface area contributed by atoms with Crippen molar-refractivity contribution in [3.05, 3.63) is 74.8 Å². The number of aromatic nitrogens is 2. The number of fused-ring (bicyclic) bond motifs is 1. The van der Waals surface area contributed by atoms with Crippen LogP contribution in [0.5, 0.6) is 5.75 Å². The Morgan fingerprint density at radius 2 is 1.93 bits per heavy atom. The Bertz CT molecular complexity index is 1080. The van der Waals surface area contributed by atoms with Crippen LogP contribution in [0, 0.1) is 10.1 Å². The summed E-state index contributed by atoms with van der Waals surface area (Å²) in [5.41, 5.74) is -0.381. The zero-order valence-electron chi connectivity index (χ0n) is 13.5. The van der Waals surface area contributed by atoms with Crippen molar-refractivity contribution in [1.29, 1.82) is 0 Å². The molecule has 3 rings (SSSR count). The van der Waals surface area contributed by atoms with Gasteiger partial charge in [-0.15, -0.1) is 0 Å². The zero-order chi connectivity index (χ0) is 19.6. The number of ether oxygens (including phenoxy) is 1. The van der Waals surface area contributed by atoms with Crippen LogP contribution in [0.25, 0.3) is 10.9 Å². The molecule has 0 N–H and O–H groups in total. The summed E-state index contributed by atoms with van der Waals surface area (Å²) in [5.74, 6) is -0.531. The van der Waals surface area contributed by atoms with Gasteiger partial charge in [-0.05, 0) is 30.3 Å². The van der Waals surface area contributed by atoms with Gasteiger partial charge in [-0.3, -0.25) is 24.3 Å². The van der Waals surface area contributed by atoms with E-state index in [-0.39, 0.29) is 34.4 Å². The van der Waals surface area contributed by atoms with Gasteiger partial charge in [0, 0.05) is 17.7 Å².